The fourth-order valence-corrected chi connectivity index (χ4v) is 2.57. The van der Waals surface area contributed by atoms with Crippen molar-refractivity contribution in [3.05, 3.63) is 35.6 Å². The van der Waals surface area contributed by atoms with Crippen LogP contribution in [-0.4, -0.2) is 44.0 Å². The normalized spacial score (nSPS) is 17.7. The minimum absolute atomic E-state index is 0.114. The maximum atomic E-state index is 13.8. The molecule has 6 heteroatoms. The number of hydrogen-bond donors (Lipinski definition) is 1. The van der Waals surface area contributed by atoms with Crippen LogP contribution < -0.4 is 5.32 Å². The van der Waals surface area contributed by atoms with Crippen molar-refractivity contribution in [3.63, 3.8) is 0 Å². The Kier molecular flexibility index (Phi) is 5.89. The molecule has 1 fully saturated rings. The number of likely N-dealkylation sites (tertiary alicyclic amines) is 1. The first-order chi connectivity index (χ1) is 10.6. The molecule has 120 valence electrons. The van der Waals surface area contributed by atoms with Crippen LogP contribution in [-0.2, 0) is 14.3 Å². The number of carbonyl (C=O) groups excluding carboxylic acids is 2. The lowest BCUT2D eigenvalue weighted by Crippen LogP contribution is -2.34. The predicted octanol–water partition coefficient (Wildman–Crippen LogP) is 1.50. The Morgan fingerprint density at radius 3 is 2.77 bits per heavy atom. The van der Waals surface area contributed by atoms with E-state index in [1.165, 1.54) is 18.2 Å². The van der Waals surface area contributed by atoms with Crippen molar-refractivity contribution in [1.82, 2.24) is 10.2 Å². The molecule has 1 aliphatic rings. The first kappa shape index (κ1) is 16.4. The SMILES string of the molecule is CN1CCC(COC(=O)C(NC=O)c2ccccc2F)CC1. The third-order valence-corrected chi connectivity index (χ3v) is 3.99. The average Bonchev–Trinajstić information content (AvgIpc) is 2.53. The molecular formula is C16H21FN2O3. The van der Waals surface area contributed by atoms with Gasteiger partial charge >= 0.3 is 5.97 Å². The maximum Gasteiger partial charge on any atom is 0.333 e. The van der Waals surface area contributed by atoms with Crippen molar-refractivity contribution in [1.29, 1.82) is 0 Å². The zero-order valence-electron chi connectivity index (χ0n) is 12.6. The number of piperidine rings is 1. The van der Waals surface area contributed by atoms with E-state index in [0.29, 0.717) is 18.9 Å². The first-order valence-corrected chi connectivity index (χ1v) is 7.41. The zero-order chi connectivity index (χ0) is 15.9. The maximum absolute atomic E-state index is 13.8. The summed E-state index contributed by atoms with van der Waals surface area (Å²) in [5, 5.41) is 2.33. The molecule has 1 aliphatic heterocycles. The highest BCUT2D eigenvalue weighted by Crippen LogP contribution is 2.20. The number of carbonyl (C=O) groups is 2. The van der Waals surface area contributed by atoms with Gasteiger partial charge in [0.25, 0.3) is 0 Å². The lowest BCUT2D eigenvalue weighted by atomic mass is 9.98. The van der Waals surface area contributed by atoms with E-state index in [-0.39, 0.29) is 5.56 Å². The smallest absolute Gasteiger partial charge is 0.333 e. The quantitative estimate of drug-likeness (QED) is 0.639. The van der Waals surface area contributed by atoms with E-state index >= 15 is 0 Å². The number of nitrogens with zero attached hydrogens (tertiary/aromatic N) is 1. The largest absolute Gasteiger partial charge is 0.464 e. The standard InChI is InChI=1S/C16H21FN2O3/c1-19-8-6-12(7-9-19)10-22-16(21)15(18-11-20)13-4-2-3-5-14(13)17/h2-5,11-12,15H,6-10H2,1H3,(H,18,20). The molecular weight excluding hydrogens is 287 g/mol. The summed E-state index contributed by atoms with van der Waals surface area (Å²) < 4.78 is 19.1. The summed E-state index contributed by atoms with van der Waals surface area (Å²) >= 11 is 0. The van der Waals surface area contributed by atoms with Gasteiger partial charge in [0.05, 0.1) is 6.61 Å². The molecule has 5 nitrogen and oxygen atoms in total. The summed E-state index contributed by atoms with van der Waals surface area (Å²) in [6, 6.07) is 4.75. The van der Waals surface area contributed by atoms with Gasteiger partial charge in [-0.3, -0.25) is 4.79 Å². The number of ether oxygens (including phenoxy) is 1. The van der Waals surface area contributed by atoms with Crippen LogP contribution in [0.4, 0.5) is 4.39 Å². The summed E-state index contributed by atoms with van der Waals surface area (Å²) in [6.45, 7) is 2.26. The molecule has 1 aromatic carbocycles. The summed E-state index contributed by atoms with van der Waals surface area (Å²) in [5.74, 6) is -0.855. The zero-order valence-corrected chi connectivity index (χ0v) is 12.6. The molecule has 2 rings (SSSR count). The minimum Gasteiger partial charge on any atom is -0.464 e. The molecule has 0 bridgehead atoms. The minimum atomic E-state index is -1.11. The number of hydrogen-bond acceptors (Lipinski definition) is 4. The highest BCUT2D eigenvalue weighted by Gasteiger charge is 2.26. The van der Waals surface area contributed by atoms with Gasteiger partial charge in [-0.05, 0) is 45.0 Å². The molecule has 1 saturated heterocycles. The van der Waals surface area contributed by atoms with Gasteiger partial charge in [0.15, 0.2) is 6.04 Å². The van der Waals surface area contributed by atoms with Crippen molar-refractivity contribution < 1.29 is 18.7 Å². The van der Waals surface area contributed by atoms with Gasteiger partial charge in [-0.2, -0.15) is 0 Å². The van der Waals surface area contributed by atoms with Gasteiger partial charge < -0.3 is 15.0 Å². The lowest BCUT2D eigenvalue weighted by molar-refractivity contribution is -0.149. The number of amides is 1. The Bertz CT molecular complexity index is 516. The topological polar surface area (TPSA) is 58.6 Å². The Labute approximate surface area is 129 Å². The Morgan fingerprint density at radius 2 is 2.14 bits per heavy atom. The van der Waals surface area contributed by atoms with E-state index in [0.717, 1.165) is 25.9 Å². The second kappa shape index (κ2) is 7.89. The van der Waals surface area contributed by atoms with Crippen LogP contribution in [0, 0.1) is 11.7 Å². The number of nitrogens with one attached hydrogen (secondary N) is 1. The Balaban J connectivity index is 1.95. The Hall–Kier alpha value is -1.95. The predicted molar refractivity (Wildman–Crippen MR) is 79.5 cm³/mol. The third kappa shape index (κ3) is 4.27. The fourth-order valence-electron chi connectivity index (χ4n) is 2.57. The van der Waals surface area contributed by atoms with Gasteiger partial charge in [-0.1, -0.05) is 18.2 Å². The molecule has 0 aliphatic carbocycles. The van der Waals surface area contributed by atoms with Gasteiger partial charge in [-0.25, -0.2) is 9.18 Å². The summed E-state index contributed by atoms with van der Waals surface area (Å²) in [5.41, 5.74) is 0.114. The van der Waals surface area contributed by atoms with Crippen LogP contribution in [0.15, 0.2) is 24.3 Å². The van der Waals surface area contributed by atoms with Crippen molar-refractivity contribution in [2.24, 2.45) is 5.92 Å². The van der Waals surface area contributed by atoms with Crippen molar-refractivity contribution in [2.75, 3.05) is 26.7 Å². The second-order valence-corrected chi connectivity index (χ2v) is 5.62. The molecule has 1 unspecified atom stereocenters. The molecule has 1 N–H and O–H groups in total. The lowest BCUT2D eigenvalue weighted by Gasteiger charge is -2.28. The van der Waals surface area contributed by atoms with Crippen molar-refractivity contribution in [2.45, 2.75) is 18.9 Å². The highest BCUT2D eigenvalue weighted by atomic mass is 19.1. The van der Waals surface area contributed by atoms with Crippen LogP contribution in [0.5, 0.6) is 0 Å². The number of esters is 1. The van der Waals surface area contributed by atoms with E-state index in [1.54, 1.807) is 6.07 Å². The molecule has 22 heavy (non-hydrogen) atoms. The molecule has 1 aromatic rings. The van der Waals surface area contributed by atoms with Crippen molar-refractivity contribution in [3.8, 4) is 0 Å². The van der Waals surface area contributed by atoms with E-state index in [9.17, 15) is 14.0 Å². The molecule has 0 saturated carbocycles. The van der Waals surface area contributed by atoms with Gasteiger partial charge in [0.2, 0.25) is 6.41 Å². The number of halogens is 1. The van der Waals surface area contributed by atoms with Crippen molar-refractivity contribution >= 4 is 12.4 Å². The van der Waals surface area contributed by atoms with Gasteiger partial charge in [0.1, 0.15) is 5.82 Å². The van der Waals surface area contributed by atoms with Gasteiger partial charge in [0, 0.05) is 5.56 Å². The molecule has 0 spiro atoms. The third-order valence-electron chi connectivity index (χ3n) is 3.99. The summed E-state index contributed by atoms with van der Waals surface area (Å²) in [6.07, 6.45) is 2.32. The first-order valence-electron chi connectivity index (χ1n) is 7.41. The van der Waals surface area contributed by atoms with E-state index in [1.807, 2.05) is 0 Å². The monoisotopic (exact) mass is 308 g/mol. The van der Waals surface area contributed by atoms with Crippen LogP contribution in [0.3, 0.4) is 0 Å². The van der Waals surface area contributed by atoms with E-state index < -0.39 is 17.8 Å². The van der Waals surface area contributed by atoms with Crippen LogP contribution in [0.1, 0.15) is 24.4 Å². The number of rotatable bonds is 6. The van der Waals surface area contributed by atoms with E-state index in [2.05, 4.69) is 17.3 Å². The molecule has 1 amide bonds. The van der Waals surface area contributed by atoms with Crippen LogP contribution in [0.25, 0.3) is 0 Å². The Morgan fingerprint density at radius 1 is 1.45 bits per heavy atom. The van der Waals surface area contributed by atoms with E-state index in [4.69, 9.17) is 4.74 Å². The van der Waals surface area contributed by atoms with Gasteiger partial charge in [-0.15, -0.1) is 0 Å². The fraction of sp³-hybridized carbons (Fsp3) is 0.500. The summed E-state index contributed by atoms with van der Waals surface area (Å²) in [7, 11) is 2.06. The molecule has 0 aromatic heterocycles. The van der Waals surface area contributed by atoms with Crippen LogP contribution in [0.2, 0.25) is 0 Å². The molecule has 0 radical (unpaired) electrons. The molecule has 1 atom stereocenters. The molecule has 1 heterocycles. The summed E-state index contributed by atoms with van der Waals surface area (Å²) in [4.78, 5) is 25.1. The average molecular weight is 308 g/mol. The van der Waals surface area contributed by atoms with Crippen LogP contribution >= 0.6 is 0 Å². The second-order valence-electron chi connectivity index (χ2n) is 5.62. The number of benzene rings is 1. The highest BCUT2D eigenvalue weighted by molar-refractivity contribution is 5.80.